The average Bonchev–Trinajstić information content (AvgIpc) is 2.64. The van der Waals surface area contributed by atoms with Crippen LogP contribution < -0.4 is 0 Å². The molecule has 1 fully saturated rings. The zero-order chi connectivity index (χ0) is 18.5. The van der Waals surface area contributed by atoms with E-state index in [-0.39, 0.29) is 12.2 Å². The lowest BCUT2D eigenvalue weighted by atomic mass is 9.99. The summed E-state index contributed by atoms with van der Waals surface area (Å²) in [5.74, 6) is 1.15. The van der Waals surface area contributed by atoms with Crippen molar-refractivity contribution in [1.82, 2.24) is 0 Å². The van der Waals surface area contributed by atoms with Gasteiger partial charge in [-0.25, -0.2) is 0 Å². The maximum Gasteiger partial charge on any atom is 0.111 e. The zero-order valence-corrected chi connectivity index (χ0v) is 17.0. The van der Waals surface area contributed by atoms with Gasteiger partial charge >= 0.3 is 0 Å². The number of rotatable bonds is 14. The summed E-state index contributed by atoms with van der Waals surface area (Å²) in [5.41, 5.74) is 0. The second-order valence-corrected chi connectivity index (χ2v) is 7.60. The second-order valence-electron chi connectivity index (χ2n) is 7.60. The highest BCUT2D eigenvalue weighted by Gasteiger charge is 2.34. The van der Waals surface area contributed by atoms with Gasteiger partial charge in [0.1, 0.15) is 18.3 Å². The molecule has 0 aromatic heterocycles. The van der Waals surface area contributed by atoms with Crippen LogP contribution in [-0.4, -0.2) is 49.8 Å². The summed E-state index contributed by atoms with van der Waals surface area (Å²) in [4.78, 5) is 0. The minimum absolute atomic E-state index is 0.259. The van der Waals surface area contributed by atoms with E-state index in [4.69, 9.17) is 14.2 Å². The van der Waals surface area contributed by atoms with Gasteiger partial charge in [0.25, 0.3) is 0 Å². The molecule has 2 unspecified atom stereocenters. The van der Waals surface area contributed by atoms with E-state index in [1.807, 2.05) is 0 Å². The Balaban J connectivity index is 2.38. The number of ether oxygens (including phenoxy) is 3. The fourth-order valence-corrected chi connectivity index (χ4v) is 3.35. The van der Waals surface area contributed by atoms with Crippen molar-refractivity contribution < 1.29 is 19.3 Å². The molecular formula is C21H42O4. The van der Waals surface area contributed by atoms with Crippen LogP contribution in [-0.2, 0) is 14.2 Å². The second kappa shape index (κ2) is 14.0. The largest absolute Gasteiger partial charge is 0.388 e. The predicted molar refractivity (Wildman–Crippen MR) is 103 cm³/mol. The van der Waals surface area contributed by atoms with Crippen LogP contribution in [0.5, 0.6) is 0 Å². The SMILES string of the molecule is CCCCC(CC)CO[C@H]1COC[C@@H](OCC(CC)CCCC)[C@H]1O. The van der Waals surface area contributed by atoms with Gasteiger partial charge in [-0.15, -0.1) is 0 Å². The van der Waals surface area contributed by atoms with Gasteiger partial charge in [0.05, 0.1) is 26.4 Å². The molecule has 0 bridgehead atoms. The van der Waals surface area contributed by atoms with Gasteiger partial charge < -0.3 is 19.3 Å². The number of unbranched alkanes of at least 4 members (excludes halogenated alkanes) is 2. The molecule has 0 spiro atoms. The Morgan fingerprint density at radius 1 is 0.840 bits per heavy atom. The minimum atomic E-state index is -0.582. The summed E-state index contributed by atoms with van der Waals surface area (Å²) < 4.78 is 17.7. The molecule has 25 heavy (non-hydrogen) atoms. The molecule has 0 aromatic rings. The third-order valence-corrected chi connectivity index (χ3v) is 5.50. The quantitative estimate of drug-likeness (QED) is 0.494. The van der Waals surface area contributed by atoms with Crippen molar-refractivity contribution in [2.75, 3.05) is 26.4 Å². The first-order valence-electron chi connectivity index (χ1n) is 10.6. The maximum absolute atomic E-state index is 10.6. The van der Waals surface area contributed by atoms with E-state index in [2.05, 4.69) is 27.7 Å². The topological polar surface area (TPSA) is 47.9 Å². The lowest BCUT2D eigenvalue weighted by molar-refractivity contribution is -0.191. The van der Waals surface area contributed by atoms with Crippen LogP contribution in [0, 0.1) is 11.8 Å². The van der Waals surface area contributed by atoms with Gasteiger partial charge in [0.15, 0.2) is 0 Å². The van der Waals surface area contributed by atoms with E-state index in [9.17, 15) is 5.11 Å². The van der Waals surface area contributed by atoms with Crippen molar-refractivity contribution in [1.29, 1.82) is 0 Å². The monoisotopic (exact) mass is 358 g/mol. The van der Waals surface area contributed by atoms with Crippen molar-refractivity contribution in [3.8, 4) is 0 Å². The Bertz CT molecular complexity index is 282. The highest BCUT2D eigenvalue weighted by atomic mass is 16.6. The smallest absolute Gasteiger partial charge is 0.111 e. The third-order valence-electron chi connectivity index (χ3n) is 5.50. The van der Waals surface area contributed by atoms with Crippen molar-refractivity contribution in [2.24, 2.45) is 11.8 Å². The summed E-state index contributed by atoms with van der Waals surface area (Å²) in [6, 6.07) is 0. The Morgan fingerprint density at radius 2 is 1.28 bits per heavy atom. The first-order valence-corrected chi connectivity index (χ1v) is 10.6. The van der Waals surface area contributed by atoms with Gasteiger partial charge in [-0.1, -0.05) is 66.2 Å². The van der Waals surface area contributed by atoms with E-state index < -0.39 is 6.10 Å². The minimum Gasteiger partial charge on any atom is -0.388 e. The van der Waals surface area contributed by atoms with Crippen LogP contribution in [0.3, 0.4) is 0 Å². The summed E-state index contributed by atoms with van der Waals surface area (Å²) in [5, 5.41) is 10.6. The van der Waals surface area contributed by atoms with E-state index in [0.29, 0.717) is 38.3 Å². The normalized spacial score (nSPS) is 26.5. The van der Waals surface area contributed by atoms with Crippen molar-refractivity contribution in [3.63, 3.8) is 0 Å². The number of aliphatic hydroxyl groups excluding tert-OH is 1. The number of hydrogen-bond donors (Lipinski definition) is 1. The van der Waals surface area contributed by atoms with Gasteiger partial charge in [-0.05, 0) is 24.7 Å². The molecule has 1 rings (SSSR count). The molecule has 1 N–H and O–H groups in total. The molecule has 1 heterocycles. The first kappa shape index (κ1) is 22.9. The number of aliphatic hydroxyl groups is 1. The molecule has 5 atom stereocenters. The Hall–Kier alpha value is -0.160. The van der Waals surface area contributed by atoms with Gasteiger partial charge in [0.2, 0.25) is 0 Å². The molecule has 0 amide bonds. The standard InChI is InChI=1S/C21H42O4/c1-5-9-11-17(7-3)13-24-19-15-23-16-20(21(19)22)25-14-18(8-4)12-10-6-2/h17-22H,5-16H2,1-4H3/t17?,18?,19-,20+,21-. The summed E-state index contributed by atoms with van der Waals surface area (Å²) >= 11 is 0. The van der Waals surface area contributed by atoms with Crippen molar-refractivity contribution in [2.45, 2.75) is 97.4 Å². The first-order chi connectivity index (χ1) is 12.2. The molecule has 0 saturated carbocycles. The van der Waals surface area contributed by atoms with E-state index >= 15 is 0 Å². The predicted octanol–water partition coefficient (Wildman–Crippen LogP) is 4.58. The van der Waals surface area contributed by atoms with Gasteiger partial charge in [-0.2, -0.15) is 0 Å². The molecule has 1 aliphatic heterocycles. The summed E-state index contributed by atoms with van der Waals surface area (Å²) in [6.45, 7) is 11.2. The fourth-order valence-electron chi connectivity index (χ4n) is 3.35. The van der Waals surface area contributed by atoms with Crippen LogP contribution in [0.15, 0.2) is 0 Å². The molecular weight excluding hydrogens is 316 g/mol. The zero-order valence-electron chi connectivity index (χ0n) is 17.0. The lowest BCUT2D eigenvalue weighted by Crippen LogP contribution is -2.50. The highest BCUT2D eigenvalue weighted by Crippen LogP contribution is 2.21. The molecule has 4 nitrogen and oxygen atoms in total. The Morgan fingerprint density at radius 3 is 1.64 bits per heavy atom. The molecule has 1 aliphatic rings. The van der Waals surface area contributed by atoms with Crippen molar-refractivity contribution >= 4 is 0 Å². The van der Waals surface area contributed by atoms with Gasteiger partial charge in [-0.3, -0.25) is 0 Å². The molecule has 0 aromatic carbocycles. The summed E-state index contributed by atoms with van der Waals surface area (Å²) in [7, 11) is 0. The van der Waals surface area contributed by atoms with Gasteiger partial charge in [0, 0.05) is 0 Å². The van der Waals surface area contributed by atoms with Crippen LogP contribution in [0.1, 0.15) is 79.1 Å². The molecule has 4 heteroatoms. The van der Waals surface area contributed by atoms with Crippen LogP contribution in [0.4, 0.5) is 0 Å². The van der Waals surface area contributed by atoms with E-state index in [0.717, 1.165) is 12.8 Å². The van der Waals surface area contributed by atoms with Crippen LogP contribution in [0.25, 0.3) is 0 Å². The van der Waals surface area contributed by atoms with Crippen LogP contribution in [0.2, 0.25) is 0 Å². The van der Waals surface area contributed by atoms with Crippen LogP contribution >= 0.6 is 0 Å². The molecule has 0 aliphatic carbocycles. The van der Waals surface area contributed by atoms with E-state index in [1.54, 1.807) is 0 Å². The summed E-state index contributed by atoms with van der Waals surface area (Å²) in [6.07, 6.45) is 8.48. The molecule has 150 valence electrons. The van der Waals surface area contributed by atoms with Crippen molar-refractivity contribution in [3.05, 3.63) is 0 Å². The lowest BCUT2D eigenvalue weighted by Gasteiger charge is -2.35. The molecule has 1 saturated heterocycles. The van der Waals surface area contributed by atoms with E-state index in [1.165, 1.54) is 38.5 Å². The molecule has 0 radical (unpaired) electrons. The third kappa shape index (κ3) is 8.85. The fraction of sp³-hybridized carbons (Fsp3) is 1.00. The Labute approximate surface area is 155 Å². The Kier molecular flexibility index (Phi) is 12.8. The highest BCUT2D eigenvalue weighted by molar-refractivity contribution is 4.82. The maximum atomic E-state index is 10.6. The average molecular weight is 359 g/mol. The number of hydrogen-bond acceptors (Lipinski definition) is 4.